The molecule has 0 bridgehead atoms. The molecule has 0 atom stereocenters. The van der Waals surface area contributed by atoms with Gasteiger partial charge in [-0.2, -0.15) is 0 Å². The highest BCUT2D eigenvalue weighted by atomic mass is 15.0. The number of nitrogens with two attached hydrogens (primary N) is 2. The molecule has 0 unspecified atom stereocenters. The van der Waals surface area contributed by atoms with Crippen molar-refractivity contribution in [1.82, 2.24) is 15.0 Å². The average Bonchev–Trinajstić information content (AvgIpc) is 3.42. The third kappa shape index (κ3) is 3.91. The van der Waals surface area contributed by atoms with E-state index in [0.29, 0.717) is 17.3 Å². The fourth-order valence-corrected chi connectivity index (χ4v) is 6.60. The average molecular weight is 566 g/mol. The van der Waals surface area contributed by atoms with Gasteiger partial charge in [0.1, 0.15) is 6.33 Å². The van der Waals surface area contributed by atoms with Gasteiger partial charge in [0.25, 0.3) is 0 Å². The first kappa shape index (κ1) is 25.6. The molecule has 0 radical (unpaired) electrons. The molecule has 4 N–H and O–H groups in total. The third-order valence-corrected chi connectivity index (χ3v) is 8.38. The van der Waals surface area contributed by atoms with E-state index in [1.807, 2.05) is 0 Å². The molecular formula is C39H27N5. The summed E-state index contributed by atoms with van der Waals surface area (Å²) in [5, 5.41) is 4.75. The van der Waals surface area contributed by atoms with Crippen molar-refractivity contribution in [3.8, 4) is 55.9 Å². The maximum atomic E-state index is 6.25. The van der Waals surface area contributed by atoms with Crippen LogP contribution in [0.4, 0.5) is 0 Å². The topological polar surface area (TPSA) is 90.7 Å². The van der Waals surface area contributed by atoms with E-state index in [4.69, 9.17) is 16.5 Å². The van der Waals surface area contributed by atoms with Gasteiger partial charge in [-0.3, -0.25) is 0 Å². The maximum absolute atomic E-state index is 6.25. The first-order valence-electron chi connectivity index (χ1n) is 14.5. The Morgan fingerprint density at radius 2 is 1.11 bits per heavy atom. The van der Waals surface area contributed by atoms with Crippen LogP contribution in [0.5, 0.6) is 0 Å². The van der Waals surface area contributed by atoms with Crippen molar-refractivity contribution in [2.45, 2.75) is 0 Å². The number of aromatic nitrogens is 3. The van der Waals surface area contributed by atoms with Crippen molar-refractivity contribution >= 4 is 27.2 Å². The van der Waals surface area contributed by atoms with Crippen LogP contribution in [0.15, 0.2) is 140 Å². The predicted molar refractivity (Wildman–Crippen MR) is 181 cm³/mol. The molecule has 8 rings (SSSR count). The SMILES string of the molecule is N/C=C\C=C(/N)c1ncnc(-c2ccc3c4c(cccc24)-c2c-3c(-c3ccccc3)c3ccccc3c2-c2ccccc2)n1. The van der Waals surface area contributed by atoms with Gasteiger partial charge in [-0.1, -0.05) is 109 Å². The number of allylic oxidation sites excluding steroid dienone is 2. The zero-order valence-corrected chi connectivity index (χ0v) is 23.8. The highest BCUT2D eigenvalue weighted by Gasteiger charge is 2.31. The minimum atomic E-state index is 0.406. The monoisotopic (exact) mass is 565 g/mol. The van der Waals surface area contributed by atoms with Gasteiger partial charge in [-0.25, -0.2) is 15.0 Å². The van der Waals surface area contributed by atoms with Crippen LogP contribution in [-0.2, 0) is 0 Å². The Morgan fingerprint density at radius 1 is 0.545 bits per heavy atom. The van der Waals surface area contributed by atoms with Gasteiger partial charge in [0.05, 0.1) is 5.70 Å². The lowest BCUT2D eigenvalue weighted by Gasteiger charge is -2.20. The summed E-state index contributed by atoms with van der Waals surface area (Å²) in [4.78, 5) is 13.6. The molecule has 44 heavy (non-hydrogen) atoms. The van der Waals surface area contributed by atoms with Gasteiger partial charge in [-0.15, -0.1) is 0 Å². The molecule has 7 aromatic rings. The van der Waals surface area contributed by atoms with Gasteiger partial charge in [0.2, 0.25) is 0 Å². The van der Waals surface area contributed by atoms with E-state index in [9.17, 15) is 0 Å². The normalized spacial score (nSPS) is 12.3. The van der Waals surface area contributed by atoms with Gasteiger partial charge in [-0.05, 0) is 90.5 Å². The zero-order valence-electron chi connectivity index (χ0n) is 23.8. The Labute approximate surface area is 254 Å². The molecule has 1 heterocycles. The first-order chi connectivity index (χ1) is 21.7. The van der Waals surface area contributed by atoms with E-state index in [1.165, 1.54) is 73.2 Å². The van der Waals surface area contributed by atoms with E-state index < -0.39 is 0 Å². The van der Waals surface area contributed by atoms with E-state index in [2.05, 4.69) is 125 Å². The molecule has 0 spiro atoms. The smallest absolute Gasteiger partial charge is 0.179 e. The third-order valence-electron chi connectivity index (χ3n) is 8.38. The standard InChI is InChI=1S/C39H27N5/c40-22-10-19-32(41)39-43-23-42-38(44-39)29-20-21-31-35-28(29)17-9-18-30(35)36-33(24-11-3-1-4-12-24)26-15-7-8-16-27(26)34(37(31)36)25-13-5-2-6-14-25/h1-23H,40-41H2/b22-10-,32-19-. The Hall–Kier alpha value is -6.07. The molecule has 0 aliphatic heterocycles. The number of benzene rings is 6. The Kier molecular flexibility index (Phi) is 6.02. The molecule has 0 saturated carbocycles. The van der Waals surface area contributed by atoms with Crippen molar-refractivity contribution in [3.63, 3.8) is 0 Å². The van der Waals surface area contributed by atoms with Gasteiger partial charge >= 0.3 is 0 Å². The van der Waals surface area contributed by atoms with E-state index in [-0.39, 0.29) is 0 Å². The molecule has 0 amide bonds. The molecule has 1 aromatic heterocycles. The second-order valence-electron chi connectivity index (χ2n) is 10.8. The molecule has 1 aliphatic rings. The van der Waals surface area contributed by atoms with E-state index in [0.717, 1.165) is 10.9 Å². The fraction of sp³-hybridized carbons (Fsp3) is 0. The number of fused-ring (bicyclic) bond motifs is 4. The van der Waals surface area contributed by atoms with Gasteiger partial charge < -0.3 is 11.5 Å². The van der Waals surface area contributed by atoms with Crippen LogP contribution in [0, 0.1) is 0 Å². The predicted octanol–water partition coefficient (Wildman–Crippen LogP) is 8.60. The second kappa shape index (κ2) is 10.3. The quantitative estimate of drug-likeness (QED) is 0.204. The first-order valence-corrected chi connectivity index (χ1v) is 14.5. The zero-order chi connectivity index (χ0) is 29.6. The van der Waals surface area contributed by atoms with Crippen molar-refractivity contribution in [1.29, 1.82) is 0 Å². The van der Waals surface area contributed by atoms with Crippen LogP contribution in [0.3, 0.4) is 0 Å². The van der Waals surface area contributed by atoms with Crippen LogP contribution in [0.2, 0.25) is 0 Å². The molecule has 5 heteroatoms. The number of hydrogen-bond acceptors (Lipinski definition) is 5. The highest BCUT2D eigenvalue weighted by Crippen LogP contribution is 2.58. The lowest BCUT2D eigenvalue weighted by molar-refractivity contribution is 1.02. The minimum absolute atomic E-state index is 0.406. The van der Waals surface area contributed by atoms with Gasteiger partial charge in [0, 0.05) is 5.56 Å². The van der Waals surface area contributed by atoms with Crippen molar-refractivity contribution in [2.24, 2.45) is 11.5 Å². The highest BCUT2D eigenvalue weighted by molar-refractivity contribution is 6.28. The van der Waals surface area contributed by atoms with Crippen LogP contribution in [0.25, 0.3) is 83.1 Å². The lowest BCUT2D eigenvalue weighted by Crippen LogP contribution is -2.04. The lowest BCUT2D eigenvalue weighted by atomic mass is 9.82. The molecule has 0 fully saturated rings. The molecule has 208 valence electrons. The molecule has 1 aliphatic carbocycles. The number of rotatable bonds is 5. The van der Waals surface area contributed by atoms with Crippen LogP contribution in [0.1, 0.15) is 5.82 Å². The summed E-state index contributed by atoms with van der Waals surface area (Å²) in [6.45, 7) is 0. The summed E-state index contributed by atoms with van der Waals surface area (Å²) in [5.74, 6) is 0.975. The summed E-state index contributed by atoms with van der Waals surface area (Å²) >= 11 is 0. The second-order valence-corrected chi connectivity index (χ2v) is 10.8. The number of hydrogen-bond donors (Lipinski definition) is 2. The summed E-state index contributed by atoms with van der Waals surface area (Å²) in [7, 11) is 0. The van der Waals surface area contributed by atoms with Crippen LogP contribution in [-0.4, -0.2) is 15.0 Å². The van der Waals surface area contributed by atoms with Crippen molar-refractivity contribution in [2.75, 3.05) is 0 Å². The maximum Gasteiger partial charge on any atom is 0.179 e. The Morgan fingerprint density at radius 3 is 1.75 bits per heavy atom. The molecular weight excluding hydrogens is 538 g/mol. The van der Waals surface area contributed by atoms with Crippen molar-refractivity contribution in [3.05, 3.63) is 146 Å². The Bertz CT molecular complexity index is 2190. The summed E-state index contributed by atoms with van der Waals surface area (Å²) in [6, 6.07) is 41.1. The number of nitrogens with zero attached hydrogens (tertiary/aromatic N) is 3. The van der Waals surface area contributed by atoms with Crippen molar-refractivity contribution < 1.29 is 0 Å². The molecule has 6 aromatic carbocycles. The molecule has 5 nitrogen and oxygen atoms in total. The summed E-state index contributed by atoms with van der Waals surface area (Å²) < 4.78 is 0. The minimum Gasteiger partial charge on any atom is -0.405 e. The Balaban J connectivity index is 1.48. The summed E-state index contributed by atoms with van der Waals surface area (Å²) in [6.07, 6.45) is 6.28. The summed E-state index contributed by atoms with van der Waals surface area (Å²) in [5.41, 5.74) is 22.9. The van der Waals surface area contributed by atoms with E-state index >= 15 is 0 Å². The van der Waals surface area contributed by atoms with Crippen LogP contribution >= 0.6 is 0 Å². The van der Waals surface area contributed by atoms with Gasteiger partial charge in [0.15, 0.2) is 11.6 Å². The van der Waals surface area contributed by atoms with E-state index in [1.54, 1.807) is 12.2 Å². The van der Waals surface area contributed by atoms with Crippen LogP contribution < -0.4 is 11.5 Å². The molecule has 0 saturated heterocycles. The largest absolute Gasteiger partial charge is 0.405 e. The fourth-order valence-electron chi connectivity index (χ4n) is 6.60.